The zero-order chi connectivity index (χ0) is 12.1. The first-order valence-corrected chi connectivity index (χ1v) is 5.37. The Kier molecular flexibility index (Phi) is 4.31. The Morgan fingerprint density at radius 2 is 2.31 bits per heavy atom. The maximum atomic E-state index is 11.8. The molecular formula is C12H19N3O. The van der Waals surface area contributed by atoms with Gasteiger partial charge in [-0.25, -0.2) is 0 Å². The molecule has 0 radical (unpaired) electrons. The van der Waals surface area contributed by atoms with Gasteiger partial charge in [0.25, 0.3) is 0 Å². The van der Waals surface area contributed by atoms with Crippen LogP contribution in [0.3, 0.4) is 0 Å². The molecule has 1 aromatic rings. The minimum Gasteiger partial charge on any atom is -0.385 e. The van der Waals surface area contributed by atoms with E-state index in [1.54, 1.807) is 13.1 Å². The van der Waals surface area contributed by atoms with Crippen molar-refractivity contribution in [1.29, 1.82) is 0 Å². The molecule has 0 amide bonds. The van der Waals surface area contributed by atoms with E-state index in [1.807, 2.05) is 19.2 Å². The second-order valence-electron chi connectivity index (χ2n) is 3.94. The van der Waals surface area contributed by atoms with Gasteiger partial charge in [-0.05, 0) is 27.3 Å². The summed E-state index contributed by atoms with van der Waals surface area (Å²) in [5.41, 5.74) is 6.81. The van der Waals surface area contributed by atoms with Gasteiger partial charge >= 0.3 is 0 Å². The molecule has 1 atom stereocenters. The van der Waals surface area contributed by atoms with Crippen LogP contribution in [0.4, 0.5) is 5.82 Å². The van der Waals surface area contributed by atoms with E-state index in [0.717, 1.165) is 6.42 Å². The zero-order valence-electron chi connectivity index (χ0n) is 10.0. The highest BCUT2D eigenvalue weighted by molar-refractivity contribution is 5.52. The lowest BCUT2D eigenvalue weighted by atomic mass is 10.1. The van der Waals surface area contributed by atoms with Gasteiger partial charge < -0.3 is 16.0 Å². The number of aromatic nitrogens is 1. The Morgan fingerprint density at radius 1 is 1.62 bits per heavy atom. The monoisotopic (exact) mass is 221 g/mol. The minimum absolute atomic E-state index is 0.00962. The van der Waals surface area contributed by atoms with Gasteiger partial charge in [-0.3, -0.25) is 4.79 Å². The van der Waals surface area contributed by atoms with E-state index in [2.05, 4.69) is 17.2 Å². The number of nitrogens with two attached hydrogens (primary N) is 1. The highest BCUT2D eigenvalue weighted by atomic mass is 16.1. The van der Waals surface area contributed by atoms with Crippen LogP contribution in [0.1, 0.15) is 24.5 Å². The molecule has 0 fully saturated rings. The summed E-state index contributed by atoms with van der Waals surface area (Å²) in [6, 6.07) is 0.408. The zero-order valence-corrected chi connectivity index (χ0v) is 10.0. The molecule has 0 spiro atoms. The molecule has 0 bridgehead atoms. The van der Waals surface area contributed by atoms with E-state index < -0.39 is 0 Å². The highest BCUT2D eigenvalue weighted by Crippen LogP contribution is 2.04. The van der Waals surface area contributed by atoms with Crippen molar-refractivity contribution in [2.75, 3.05) is 12.8 Å². The number of hydrogen-bond acceptors (Lipinski definition) is 3. The molecule has 4 heteroatoms. The van der Waals surface area contributed by atoms with Crippen molar-refractivity contribution in [3.05, 3.63) is 33.6 Å². The first kappa shape index (κ1) is 12.5. The largest absolute Gasteiger partial charge is 0.385 e. The number of aromatic amines is 1. The van der Waals surface area contributed by atoms with Crippen LogP contribution in [0.25, 0.3) is 6.08 Å². The summed E-state index contributed by atoms with van der Waals surface area (Å²) in [4.78, 5) is 14.6. The van der Waals surface area contributed by atoms with Crippen LogP contribution >= 0.6 is 0 Å². The normalized spacial score (nSPS) is 13.2. The molecule has 1 unspecified atom stereocenters. The maximum absolute atomic E-state index is 11.8. The Balaban J connectivity index is 2.83. The molecule has 0 saturated carbocycles. The summed E-state index contributed by atoms with van der Waals surface area (Å²) in [6.45, 7) is 3.81. The molecule has 0 aliphatic carbocycles. The topological polar surface area (TPSA) is 70.9 Å². The summed E-state index contributed by atoms with van der Waals surface area (Å²) >= 11 is 0. The number of H-pyrrole nitrogens is 1. The molecule has 0 saturated heterocycles. The Hall–Kier alpha value is -1.55. The summed E-state index contributed by atoms with van der Waals surface area (Å²) in [7, 11) is 1.92. The summed E-state index contributed by atoms with van der Waals surface area (Å²) < 4.78 is 0. The van der Waals surface area contributed by atoms with Gasteiger partial charge in [0.15, 0.2) is 5.43 Å². The second-order valence-corrected chi connectivity index (χ2v) is 3.94. The summed E-state index contributed by atoms with van der Waals surface area (Å²) in [5, 5.41) is 3.13. The first-order valence-electron chi connectivity index (χ1n) is 5.37. The predicted molar refractivity (Wildman–Crippen MR) is 68.4 cm³/mol. The minimum atomic E-state index is -0.00962. The van der Waals surface area contributed by atoms with Crippen molar-refractivity contribution in [3.8, 4) is 0 Å². The van der Waals surface area contributed by atoms with Gasteiger partial charge in [0.1, 0.15) is 5.82 Å². The maximum Gasteiger partial charge on any atom is 0.193 e. The van der Waals surface area contributed by atoms with Crippen molar-refractivity contribution in [2.45, 2.75) is 26.3 Å². The fraction of sp³-hybridized carbons (Fsp3) is 0.417. The smallest absolute Gasteiger partial charge is 0.193 e. The average Bonchev–Trinajstić information content (AvgIpc) is 2.29. The van der Waals surface area contributed by atoms with Gasteiger partial charge in [-0.1, -0.05) is 12.2 Å². The fourth-order valence-electron chi connectivity index (χ4n) is 1.31. The van der Waals surface area contributed by atoms with Crippen molar-refractivity contribution in [1.82, 2.24) is 10.3 Å². The molecule has 1 aromatic heterocycles. The van der Waals surface area contributed by atoms with Crippen LogP contribution in [-0.4, -0.2) is 18.1 Å². The van der Waals surface area contributed by atoms with E-state index >= 15 is 0 Å². The summed E-state index contributed by atoms with van der Waals surface area (Å²) in [5.74, 6) is 0.436. The third-order valence-corrected chi connectivity index (χ3v) is 2.67. The third kappa shape index (κ3) is 2.97. The van der Waals surface area contributed by atoms with Gasteiger partial charge in [0, 0.05) is 23.4 Å². The van der Waals surface area contributed by atoms with E-state index in [4.69, 9.17) is 5.73 Å². The number of nitrogen functional groups attached to an aromatic ring is 1. The van der Waals surface area contributed by atoms with Gasteiger partial charge in [0.05, 0.1) is 0 Å². The lowest BCUT2D eigenvalue weighted by molar-refractivity contribution is 0.621. The molecule has 88 valence electrons. The van der Waals surface area contributed by atoms with Crippen molar-refractivity contribution >= 4 is 11.9 Å². The fourth-order valence-corrected chi connectivity index (χ4v) is 1.31. The SMILES string of the molecule is CNC(C)CC=Cc1c[nH]c(N)c(C)c1=O. The van der Waals surface area contributed by atoms with Crippen LogP contribution < -0.4 is 16.5 Å². The number of nitrogens with one attached hydrogen (secondary N) is 2. The number of rotatable bonds is 4. The van der Waals surface area contributed by atoms with E-state index in [0.29, 0.717) is 23.0 Å². The quantitative estimate of drug-likeness (QED) is 0.717. The molecule has 16 heavy (non-hydrogen) atoms. The predicted octanol–water partition coefficient (Wildman–Crippen LogP) is 1.28. The molecule has 0 aliphatic heterocycles. The Bertz CT molecular complexity index is 434. The number of anilines is 1. The van der Waals surface area contributed by atoms with E-state index in [9.17, 15) is 4.79 Å². The van der Waals surface area contributed by atoms with Gasteiger partial charge in [-0.2, -0.15) is 0 Å². The van der Waals surface area contributed by atoms with Gasteiger partial charge in [-0.15, -0.1) is 0 Å². The Labute approximate surface area is 95.6 Å². The molecular weight excluding hydrogens is 202 g/mol. The van der Waals surface area contributed by atoms with Crippen LogP contribution in [-0.2, 0) is 0 Å². The van der Waals surface area contributed by atoms with E-state index in [-0.39, 0.29) is 5.43 Å². The molecule has 0 aromatic carbocycles. The van der Waals surface area contributed by atoms with Crippen molar-refractivity contribution in [2.24, 2.45) is 0 Å². The van der Waals surface area contributed by atoms with Crippen molar-refractivity contribution in [3.63, 3.8) is 0 Å². The molecule has 4 N–H and O–H groups in total. The lowest BCUT2D eigenvalue weighted by Gasteiger charge is -2.05. The van der Waals surface area contributed by atoms with Gasteiger partial charge in [0.2, 0.25) is 0 Å². The molecule has 1 rings (SSSR count). The van der Waals surface area contributed by atoms with Crippen LogP contribution in [0.15, 0.2) is 17.1 Å². The molecule has 0 aliphatic rings. The highest BCUT2D eigenvalue weighted by Gasteiger charge is 2.02. The molecule has 4 nitrogen and oxygen atoms in total. The van der Waals surface area contributed by atoms with E-state index in [1.165, 1.54) is 0 Å². The summed E-state index contributed by atoms with van der Waals surface area (Å²) in [6.07, 6.45) is 6.35. The standard InChI is InChI=1S/C12H19N3O/c1-8(14-3)5-4-6-10-7-15-12(13)9(2)11(10)16/h4,6-8,14H,5H2,1-3H3,(H3,13,15,16). The van der Waals surface area contributed by atoms with Crippen LogP contribution in [0.5, 0.6) is 0 Å². The van der Waals surface area contributed by atoms with Crippen LogP contribution in [0.2, 0.25) is 0 Å². The lowest BCUT2D eigenvalue weighted by Crippen LogP contribution is -2.19. The number of hydrogen-bond donors (Lipinski definition) is 3. The average molecular weight is 221 g/mol. The Morgan fingerprint density at radius 3 is 2.94 bits per heavy atom. The first-order chi connectivity index (χ1) is 7.56. The van der Waals surface area contributed by atoms with Crippen LogP contribution in [0, 0.1) is 6.92 Å². The second kappa shape index (κ2) is 5.51. The number of pyridine rings is 1. The van der Waals surface area contributed by atoms with Crippen molar-refractivity contribution < 1.29 is 0 Å². The third-order valence-electron chi connectivity index (χ3n) is 2.67. The molecule has 1 heterocycles.